The Morgan fingerprint density at radius 1 is 0.952 bits per heavy atom. The zero-order valence-electron chi connectivity index (χ0n) is 24.6. The fourth-order valence-corrected chi connectivity index (χ4v) is 9.14. The number of likely N-dealkylation sites (tertiary alicyclic amines) is 1. The van der Waals surface area contributed by atoms with Crippen LogP contribution < -0.4 is 4.90 Å². The smallest absolute Gasteiger partial charge is 0.253 e. The Hall–Kier alpha value is -3.30. The lowest BCUT2D eigenvalue weighted by Crippen LogP contribution is -2.48. The number of rotatable bonds is 5. The average molecular weight is 591 g/mol. The number of carbonyl (C=O) groups is 1. The predicted molar refractivity (Wildman–Crippen MR) is 162 cm³/mol. The maximum Gasteiger partial charge on any atom is 0.253 e. The third kappa shape index (κ3) is 5.22. The van der Waals surface area contributed by atoms with Crippen molar-refractivity contribution < 1.29 is 17.6 Å². The summed E-state index contributed by atoms with van der Waals surface area (Å²) in [6.45, 7) is 6.79. The van der Waals surface area contributed by atoms with E-state index in [1.54, 1.807) is 20.9 Å². The Balaban J connectivity index is 1.14. The van der Waals surface area contributed by atoms with Crippen molar-refractivity contribution in [2.75, 3.05) is 38.1 Å². The summed E-state index contributed by atoms with van der Waals surface area (Å²) in [5.41, 5.74) is 4.88. The largest absolute Gasteiger partial charge is 0.371 e. The Bertz CT molecular complexity index is 1570. The van der Waals surface area contributed by atoms with Crippen LogP contribution in [0.5, 0.6) is 0 Å². The molecular formula is C33H39FN4O3S. The van der Waals surface area contributed by atoms with Gasteiger partial charge >= 0.3 is 0 Å². The van der Waals surface area contributed by atoms with Crippen LogP contribution in [0.2, 0.25) is 0 Å². The summed E-state index contributed by atoms with van der Waals surface area (Å²) in [6, 6.07) is 12.1. The highest BCUT2D eigenvalue weighted by Crippen LogP contribution is 2.43. The lowest BCUT2D eigenvalue weighted by Gasteiger charge is -2.47. The number of anilines is 1. The Kier molecular flexibility index (Phi) is 7.60. The van der Waals surface area contributed by atoms with Crippen LogP contribution in [-0.2, 0) is 16.4 Å². The van der Waals surface area contributed by atoms with Gasteiger partial charge in [-0.1, -0.05) is 6.07 Å². The van der Waals surface area contributed by atoms with E-state index in [1.165, 1.54) is 22.1 Å². The van der Waals surface area contributed by atoms with E-state index in [0.29, 0.717) is 23.1 Å². The van der Waals surface area contributed by atoms with Gasteiger partial charge in [-0.3, -0.25) is 9.78 Å². The predicted octanol–water partition coefficient (Wildman–Crippen LogP) is 5.67. The van der Waals surface area contributed by atoms with Gasteiger partial charge < -0.3 is 9.80 Å². The zero-order valence-corrected chi connectivity index (χ0v) is 25.5. The molecule has 2 fully saturated rings. The number of halogens is 1. The molecule has 1 unspecified atom stereocenters. The van der Waals surface area contributed by atoms with Crippen molar-refractivity contribution in [1.82, 2.24) is 14.2 Å². The lowest BCUT2D eigenvalue weighted by molar-refractivity contribution is 0.0515. The highest BCUT2D eigenvalue weighted by atomic mass is 32.2. The molecule has 9 heteroatoms. The van der Waals surface area contributed by atoms with Crippen molar-refractivity contribution >= 4 is 21.6 Å². The highest BCUT2D eigenvalue weighted by molar-refractivity contribution is 7.89. The van der Waals surface area contributed by atoms with Gasteiger partial charge in [-0.25, -0.2) is 12.8 Å². The van der Waals surface area contributed by atoms with E-state index in [2.05, 4.69) is 22.0 Å². The first-order chi connectivity index (χ1) is 20.1. The van der Waals surface area contributed by atoms with E-state index < -0.39 is 15.8 Å². The second-order valence-corrected chi connectivity index (χ2v) is 14.3. The summed E-state index contributed by atoms with van der Waals surface area (Å²) in [4.78, 5) is 22.4. The zero-order chi connectivity index (χ0) is 29.6. The van der Waals surface area contributed by atoms with Gasteiger partial charge in [0, 0.05) is 56.9 Å². The number of piperidine rings is 2. The first kappa shape index (κ1) is 28.8. The molecule has 1 amide bonds. The number of aromatic nitrogens is 1. The van der Waals surface area contributed by atoms with Gasteiger partial charge in [0.15, 0.2) is 0 Å². The number of hydrogen-bond donors (Lipinski definition) is 0. The van der Waals surface area contributed by atoms with E-state index in [-0.39, 0.29) is 22.3 Å². The van der Waals surface area contributed by atoms with Crippen LogP contribution in [0.4, 0.5) is 10.1 Å². The van der Waals surface area contributed by atoms with Gasteiger partial charge in [-0.15, -0.1) is 0 Å². The first-order valence-electron chi connectivity index (χ1n) is 14.9. The second kappa shape index (κ2) is 11.1. The molecule has 222 valence electrons. The maximum absolute atomic E-state index is 13.9. The molecule has 0 saturated carbocycles. The third-order valence-electron chi connectivity index (χ3n) is 9.90. The van der Waals surface area contributed by atoms with Gasteiger partial charge in [0.2, 0.25) is 10.0 Å². The average Bonchev–Trinajstić information content (AvgIpc) is 3.40. The van der Waals surface area contributed by atoms with Crippen LogP contribution >= 0.6 is 0 Å². The van der Waals surface area contributed by atoms with E-state index in [4.69, 9.17) is 0 Å². The summed E-state index contributed by atoms with van der Waals surface area (Å²) in [7, 11) is -2.28. The topological polar surface area (TPSA) is 73.8 Å². The molecule has 2 aromatic carbocycles. The summed E-state index contributed by atoms with van der Waals surface area (Å²) >= 11 is 0. The maximum atomic E-state index is 13.9. The summed E-state index contributed by atoms with van der Waals surface area (Å²) < 4.78 is 42.7. The summed E-state index contributed by atoms with van der Waals surface area (Å²) in [5.74, 6) is -0.428. The highest BCUT2D eigenvalue weighted by Gasteiger charge is 2.40. The van der Waals surface area contributed by atoms with Crippen molar-refractivity contribution in [2.24, 2.45) is 5.41 Å². The second-order valence-electron chi connectivity index (χ2n) is 12.3. The molecule has 0 bridgehead atoms. The van der Waals surface area contributed by atoms with E-state index in [1.807, 2.05) is 35.5 Å². The van der Waals surface area contributed by atoms with Crippen LogP contribution in [-0.4, -0.2) is 61.7 Å². The quantitative estimate of drug-likeness (QED) is 0.383. The minimum Gasteiger partial charge on any atom is -0.371 e. The standard InChI is InChI=1S/C33H39FN4O3S/c1-23-20-27(34)21-24(2)31(23)42(40,41)36(3)30-7-6-25-4-5-26(22-29(25)30)32(39)38-18-12-33(13-19-38)10-16-37(17-11-33)28-8-14-35-15-9-28/h4-5,8-9,14-15,20-22,30H,6-7,10-13,16-19H2,1-3H3. The number of carbonyl (C=O) groups excluding carboxylic acids is 1. The van der Waals surface area contributed by atoms with Crippen LogP contribution in [0, 0.1) is 25.1 Å². The number of benzene rings is 2. The molecule has 0 radical (unpaired) electrons. The molecule has 3 aromatic rings. The van der Waals surface area contributed by atoms with Crippen molar-refractivity contribution in [2.45, 2.75) is 63.3 Å². The van der Waals surface area contributed by atoms with Gasteiger partial charge in [-0.2, -0.15) is 4.31 Å². The molecule has 1 aromatic heterocycles. The molecule has 1 aliphatic carbocycles. The van der Waals surface area contributed by atoms with E-state index >= 15 is 0 Å². The van der Waals surface area contributed by atoms with Crippen LogP contribution in [0.15, 0.2) is 59.8 Å². The molecular weight excluding hydrogens is 551 g/mol. The molecule has 2 saturated heterocycles. The fourth-order valence-electron chi connectivity index (χ4n) is 7.37. The minimum absolute atomic E-state index is 0.0169. The van der Waals surface area contributed by atoms with Gasteiger partial charge in [-0.05, 0) is 116 Å². The Morgan fingerprint density at radius 2 is 1.57 bits per heavy atom. The molecule has 0 N–H and O–H groups in total. The summed E-state index contributed by atoms with van der Waals surface area (Å²) in [6.07, 6.45) is 9.35. The van der Waals surface area contributed by atoms with Crippen molar-refractivity contribution in [3.05, 3.63) is 88.5 Å². The molecule has 3 heterocycles. The first-order valence-corrected chi connectivity index (χ1v) is 16.3. The number of aryl methyl sites for hydroxylation is 3. The van der Waals surface area contributed by atoms with Gasteiger partial charge in [0.1, 0.15) is 5.82 Å². The van der Waals surface area contributed by atoms with Crippen LogP contribution in [0.1, 0.15) is 70.8 Å². The lowest BCUT2D eigenvalue weighted by atomic mass is 9.71. The minimum atomic E-state index is -3.87. The molecule has 6 rings (SSSR count). The molecule has 42 heavy (non-hydrogen) atoms. The molecule has 1 spiro atoms. The number of fused-ring (bicyclic) bond motifs is 1. The molecule has 1 atom stereocenters. The number of amides is 1. The Morgan fingerprint density at radius 3 is 2.21 bits per heavy atom. The Labute approximate surface area is 248 Å². The third-order valence-corrected chi connectivity index (χ3v) is 12.1. The van der Waals surface area contributed by atoms with Crippen molar-refractivity contribution in [3.63, 3.8) is 0 Å². The number of nitrogens with zero attached hydrogens (tertiary/aromatic N) is 4. The number of hydrogen-bond acceptors (Lipinski definition) is 5. The van der Waals surface area contributed by atoms with Crippen molar-refractivity contribution in [3.8, 4) is 0 Å². The van der Waals surface area contributed by atoms with Crippen LogP contribution in [0.3, 0.4) is 0 Å². The van der Waals surface area contributed by atoms with Crippen molar-refractivity contribution in [1.29, 1.82) is 0 Å². The van der Waals surface area contributed by atoms with E-state index in [0.717, 1.165) is 69.4 Å². The molecule has 7 nitrogen and oxygen atoms in total. The number of pyridine rings is 1. The molecule has 3 aliphatic rings. The van der Waals surface area contributed by atoms with Crippen LogP contribution in [0.25, 0.3) is 0 Å². The SMILES string of the molecule is Cc1cc(F)cc(C)c1S(=O)(=O)N(C)C1CCc2ccc(C(=O)N3CCC4(CC3)CCN(c3ccncc3)CC4)cc21. The van der Waals surface area contributed by atoms with Gasteiger partial charge in [0.25, 0.3) is 5.91 Å². The van der Waals surface area contributed by atoms with Gasteiger partial charge in [0.05, 0.1) is 10.9 Å². The fraction of sp³-hybridized carbons (Fsp3) is 0.455. The van der Waals surface area contributed by atoms with E-state index in [9.17, 15) is 17.6 Å². The summed E-state index contributed by atoms with van der Waals surface area (Å²) in [5, 5.41) is 0. The number of sulfonamides is 1. The normalized spacial score (nSPS) is 20.3. The molecule has 2 aliphatic heterocycles. The monoisotopic (exact) mass is 590 g/mol.